The molecule has 100 valence electrons. The number of nitrogens with two attached hydrogens (primary N) is 1. The summed E-state index contributed by atoms with van der Waals surface area (Å²) in [6.45, 7) is 2.59. The summed E-state index contributed by atoms with van der Waals surface area (Å²) < 4.78 is 5.59. The highest BCUT2D eigenvalue weighted by Gasteiger charge is 2.12. The molecule has 0 fully saturated rings. The molecule has 2 aromatic carbocycles. The number of phenolic OH excluding ortho intramolecular Hbond substituents is 1. The summed E-state index contributed by atoms with van der Waals surface area (Å²) in [4.78, 5) is 0. The third-order valence-corrected chi connectivity index (χ3v) is 3.01. The monoisotopic (exact) mass is 257 g/mol. The molecule has 0 radical (unpaired) electrons. The standard InChI is InChI=1S/C16H19NO2/c1-2-19-16-6-4-3-5-14(16)15(17)11-12-7-9-13(18)10-8-12/h3-10,15,18H,2,11,17H2,1H3. The quantitative estimate of drug-likeness (QED) is 0.865. The van der Waals surface area contributed by atoms with Crippen LogP contribution >= 0.6 is 0 Å². The molecule has 2 rings (SSSR count). The molecule has 0 amide bonds. The van der Waals surface area contributed by atoms with Crippen LogP contribution < -0.4 is 10.5 Å². The summed E-state index contributed by atoms with van der Waals surface area (Å²) in [6.07, 6.45) is 0.713. The highest BCUT2D eigenvalue weighted by molar-refractivity contribution is 5.37. The van der Waals surface area contributed by atoms with Gasteiger partial charge in [-0.1, -0.05) is 30.3 Å². The predicted octanol–water partition coefficient (Wildman–Crippen LogP) is 3.03. The van der Waals surface area contributed by atoms with E-state index in [9.17, 15) is 5.11 Å². The Morgan fingerprint density at radius 2 is 1.79 bits per heavy atom. The molecule has 3 heteroatoms. The molecule has 0 saturated heterocycles. The SMILES string of the molecule is CCOc1ccccc1C(N)Cc1ccc(O)cc1. The normalized spacial score (nSPS) is 12.1. The van der Waals surface area contributed by atoms with Crippen molar-refractivity contribution in [2.45, 2.75) is 19.4 Å². The highest BCUT2D eigenvalue weighted by Crippen LogP contribution is 2.26. The summed E-state index contributed by atoms with van der Waals surface area (Å²) >= 11 is 0. The first-order chi connectivity index (χ1) is 9.20. The van der Waals surface area contributed by atoms with Crippen LogP contribution in [0.2, 0.25) is 0 Å². The molecule has 2 aromatic rings. The van der Waals surface area contributed by atoms with Crippen LogP contribution in [0.5, 0.6) is 11.5 Å². The van der Waals surface area contributed by atoms with Crippen molar-refractivity contribution in [2.75, 3.05) is 6.61 Å². The number of hydrogen-bond acceptors (Lipinski definition) is 3. The van der Waals surface area contributed by atoms with E-state index in [1.54, 1.807) is 12.1 Å². The van der Waals surface area contributed by atoms with Crippen molar-refractivity contribution in [2.24, 2.45) is 5.73 Å². The van der Waals surface area contributed by atoms with Gasteiger partial charge in [0.25, 0.3) is 0 Å². The third kappa shape index (κ3) is 3.48. The van der Waals surface area contributed by atoms with E-state index in [0.717, 1.165) is 16.9 Å². The van der Waals surface area contributed by atoms with Gasteiger partial charge >= 0.3 is 0 Å². The van der Waals surface area contributed by atoms with Gasteiger partial charge in [-0.05, 0) is 37.1 Å². The topological polar surface area (TPSA) is 55.5 Å². The van der Waals surface area contributed by atoms with E-state index in [2.05, 4.69) is 0 Å². The zero-order valence-corrected chi connectivity index (χ0v) is 11.0. The second-order valence-corrected chi connectivity index (χ2v) is 4.45. The second-order valence-electron chi connectivity index (χ2n) is 4.45. The maximum absolute atomic E-state index is 9.27. The van der Waals surface area contributed by atoms with Gasteiger partial charge in [-0.15, -0.1) is 0 Å². The van der Waals surface area contributed by atoms with Gasteiger partial charge in [0.2, 0.25) is 0 Å². The number of hydrogen-bond donors (Lipinski definition) is 2. The summed E-state index contributed by atoms with van der Waals surface area (Å²) in [6, 6.07) is 14.9. The van der Waals surface area contributed by atoms with Crippen LogP contribution in [0, 0.1) is 0 Å². The average Bonchev–Trinajstić information content (AvgIpc) is 2.42. The van der Waals surface area contributed by atoms with Crippen LogP contribution in [-0.2, 0) is 6.42 Å². The fourth-order valence-corrected chi connectivity index (χ4v) is 2.07. The highest BCUT2D eigenvalue weighted by atomic mass is 16.5. The lowest BCUT2D eigenvalue weighted by Crippen LogP contribution is -2.14. The summed E-state index contributed by atoms with van der Waals surface area (Å²) in [7, 11) is 0. The van der Waals surface area contributed by atoms with Crippen molar-refractivity contribution in [1.29, 1.82) is 0 Å². The Hall–Kier alpha value is -2.00. The number of benzene rings is 2. The lowest BCUT2D eigenvalue weighted by atomic mass is 9.99. The van der Waals surface area contributed by atoms with Crippen LogP contribution in [0.3, 0.4) is 0 Å². The van der Waals surface area contributed by atoms with Crippen molar-refractivity contribution in [3.63, 3.8) is 0 Å². The molecule has 3 nitrogen and oxygen atoms in total. The summed E-state index contributed by atoms with van der Waals surface area (Å²) in [5.41, 5.74) is 8.36. The van der Waals surface area contributed by atoms with E-state index in [-0.39, 0.29) is 11.8 Å². The van der Waals surface area contributed by atoms with Crippen molar-refractivity contribution in [3.8, 4) is 11.5 Å². The molecular weight excluding hydrogens is 238 g/mol. The number of para-hydroxylation sites is 1. The predicted molar refractivity (Wildman–Crippen MR) is 76.4 cm³/mol. The first kappa shape index (κ1) is 13.4. The lowest BCUT2D eigenvalue weighted by Gasteiger charge is -2.16. The molecule has 0 bridgehead atoms. The van der Waals surface area contributed by atoms with Gasteiger partial charge in [-0.3, -0.25) is 0 Å². The molecule has 0 aliphatic heterocycles. The van der Waals surface area contributed by atoms with E-state index in [1.807, 2.05) is 43.3 Å². The molecule has 0 spiro atoms. The Morgan fingerprint density at radius 1 is 1.11 bits per heavy atom. The van der Waals surface area contributed by atoms with Crippen molar-refractivity contribution >= 4 is 0 Å². The zero-order valence-electron chi connectivity index (χ0n) is 11.0. The van der Waals surface area contributed by atoms with Gasteiger partial charge in [-0.25, -0.2) is 0 Å². The summed E-state index contributed by atoms with van der Waals surface area (Å²) in [5.74, 6) is 1.11. The minimum absolute atomic E-state index is 0.118. The lowest BCUT2D eigenvalue weighted by molar-refractivity contribution is 0.334. The largest absolute Gasteiger partial charge is 0.508 e. The fourth-order valence-electron chi connectivity index (χ4n) is 2.07. The van der Waals surface area contributed by atoms with Gasteiger partial charge < -0.3 is 15.6 Å². The van der Waals surface area contributed by atoms with Crippen LogP contribution in [0.25, 0.3) is 0 Å². The summed E-state index contributed by atoms with van der Waals surface area (Å²) in [5, 5.41) is 9.27. The molecule has 19 heavy (non-hydrogen) atoms. The fraction of sp³-hybridized carbons (Fsp3) is 0.250. The Bertz CT molecular complexity index is 523. The molecule has 3 N–H and O–H groups in total. The van der Waals surface area contributed by atoms with Gasteiger partial charge in [-0.2, -0.15) is 0 Å². The Labute approximate surface area is 113 Å². The van der Waals surface area contributed by atoms with Gasteiger partial charge in [0, 0.05) is 11.6 Å². The minimum atomic E-state index is -0.118. The molecule has 0 aliphatic rings. The molecule has 0 heterocycles. The molecule has 0 aliphatic carbocycles. The van der Waals surface area contributed by atoms with Crippen LogP contribution in [0.15, 0.2) is 48.5 Å². The van der Waals surface area contributed by atoms with Crippen LogP contribution in [-0.4, -0.2) is 11.7 Å². The smallest absolute Gasteiger partial charge is 0.124 e. The Kier molecular flexibility index (Phi) is 4.42. The molecule has 0 saturated carbocycles. The van der Waals surface area contributed by atoms with E-state index in [1.165, 1.54) is 0 Å². The molecule has 0 aromatic heterocycles. The zero-order chi connectivity index (χ0) is 13.7. The van der Waals surface area contributed by atoms with Crippen molar-refractivity contribution in [1.82, 2.24) is 0 Å². The van der Waals surface area contributed by atoms with Crippen LogP contribution in [0.4, 0.5) is 0 Å². The van der Waals surface area contributed by atoms with E-state index in [0.29, 0.717) is 13.0 Å². The maximum atomic E-state index is 9.27. The average molecular weight is 257 g/mol. The molecule has 1 unspecified atom stereocenters. The third-order valence-electron chi connectivity index (χ3n) is 3.01. The first-order valence-electron chi connectivity index (χ1n) is 6.46. The second kappa shape index (κ2) is 6.25. The van der Waals surface area contributed by atoms with E-state index in [4.69, 9.17) is 10.5 Å². The number of aromatic hydroxyl groups is 1. The van der Waals surface area contributed by atoms with Gasteiger partial charge in [0.1, 0.15) is 11.5 Å². The van der Waals surface area contributed by atoms with Crippen molar-refractivity contribution < 1.29 is 9.84 Å². The van der Waals surface area contributed by atoms with E-state index < -0.39 is 0 Å². The number of rotatable bonds is 5. The number of phenols is 1. The Balaban J connectivity index is 2.15. The van der Waals surface area contributed by atoms with E-state index >= 15 is 0 Å². The number of ether oxygens (including phenoxy) is 1. The van der Waals surface area contributed by atoms with Gasteiger partial charge in [0.15, 0.2) is 0 Å². The molecule has 1 atom stereocenters. The van der Waals surface area contributed by atoms with Crippen LogP contribution in [0.1, 0.15) is 24.1 Å². The Morgan fingerprint density at radius 3 is 2.47 bits per heavy atom. The van der Waals surface area contributed by atoms with Crippen molar-refractivity contribution in [3.05, 3.63) is 59.7 Å². The minimum Gasteiger partial charge on any atom is -0.508 e. The maximum Gasteiger partial charge on any atom is 0.124 e. The first-order valence-corrected chi connectivity index (χ1v) is 6.46. The van der Waals surface area contributed by atoms with Gasteiger partial charge in [0.05, 0.1) is 6.61 Å². The molecular formula is C16H19NO2.